The molecule has 28 heavy (non-hydrogen) atoms. The van der Waals surface area contributed by atoms with Gasteiger partial charge in [0.25, 0.3) is 0 Å². The number of hydrogen-bond donors (Lipinski definition) is 3. The van der Waals surface area contributed by atoms with E-state index < -0.39 is 5.54 Å². The monoisotopic (exact) mass is 399 g/mol. The van der Waals surface area contributed by atoms with Crippen LogP contribution in [0.15, 0.2) is 30.5 Å². The van der Waals surface area contributed by atoms with Gasteiger partial charge in [0.2, 0.25) is 11.9 Å². The topological polar surface area (TPSA) is 120 Å². The minimum atomic E-state index is -0.594. The predicted octanol–water partition coefficient (Wildman–Crippen LogP) is 2.17. The number of nitrogens with zero attached hydrogens (tertiary/aromatic N) is 4. The lowest BCUT2D eigenvalue weighted by molar-refractivity contribution is -0.117. The molecule has 0 aliphatic carbocycles. The Morgan fingerprint density at radius 3 is 2.96 bits per heavy atom. The number of aromatic nitrogens is 2. The highest BCUT2D eigenvalue weighted by Gasteiger charge is 2.41. The Morgan fingerprint density at radius 1 is 1.54 bits per heavy atom. The van der Waals surface area contributed by atoms with Crippen molar-refractivity contribution in [3.63, 3.8) is 0 Å². The Hall–Kier alpha value is -2.89. The first-order valence-corrected chi connectivity index (χ1v) is 9.29. The molecule has 1 aromatic carbocycles. The SMILES string of the molecule is CC1CNCC(C)(CC(=O)Nc2ccccc2Cl)N1c1ncc(C#N)c(N)n1. The van der Waals surface area contributed by atoms with Crippen LogP contribution >= 0.6 is 11.6 Å². The van der Waals surface area contributed by atoms with Gasteiger partial charge in [0.1, 0.15) is 17.5 Å². The van der Waals surface area contributed by atoms with Gasteiger partial charge < -0.3 is 21.3 Å². The van der Waals surface area contributed by atoms with Crippen LogP contribution in [-0.4, -0.2) is 40.5 Å². The van der Waals surface area contributed by atoms with Crippen molar-refractivity contribution in [2.45, 2.75) is 31.8 Å². The zero-order valence-corrected chi connectivity index (χ0v) is 16.5. The maximum Gasteiger partial charge on any atom is 0.228 e. The summed E-state index contributed by atoms with van der Waals surface area (Å²) in [6.45, 7) is 5.27. The van der Waals surface area contributed by atoms with Crippen molar-refractivity contribution in [3.05, 3.63) is 41.0 Å². The molecule has 3 rings (SSSR count). The summed E-state index contributed by atoms with van der Waals surface area (Å²) >= 11 is 6.14. The maximum atomic E-state index is 12.8. The summed E-state index contributed by atoms with van der Waals surface area (Å²) < 4.78 is 0. The molecule has 9 heteroatoms. The van der Waals surface area contributed by atoms with Crippen molar-refractivity contribution < 1.29 is 4.79 Å². The van der Waals surface area contributed by atoms with Crippen molar-refractivity contribution >= 4 is 35.0 Å². The van der Waals surface area contributed by atoms with Crippen molar-refractivity contribution in [3.8, 4) is 6.07 Å². The third kappa shape index (κ3) is 4.01. The number of hydrogen-bond acceptors (Lipinski definition) is 7. The second-order valence-corrected chi connectivity index (χ2v) is 7.54. The lowest BCUT2D eigenvalue weighted by Gasteiger charge is -2.48. The number of rotatable bonds is 4. The molecule has 1 aliphatic heterocycles. The second-order valence-electron chi connectivity index (χ2n) is 7.13. The Labute approximate surface area is 168 Å². The van der Waals surface area contributed by atoms with Crippen molar-refractivity contribution in [1.82, 2.24) is 15.3 Å². The summed E-state index contributed by atoms with van der Waals surface area (Å²) in [5, 5.41) is 15.8. The fraction of sp³-hybridized carbons (Fsp3) is 0.368. The van der Waals surface area contributed by atoms with Crippen molar-refractivity contribution in [2.75, 3.05) is 29.0 Å². The number of nitriles is 1. The van der Waals surface area contributed by atoms with E-state index in [0.717, 1.165) is 0 Å². The quantitative estimate of drug-likeness (QED) is 0.720. The molecular formula is C19H22ClN7O. The first-order chi connectivity index (χ1) is 13.3. The number of nitrogens with one attached hydrogen (secondary N) is 2. The number of carbonyl (C=O) groups excluding carboxylic acids is 1. The number of carbonyl (C=O) groups is 1. The summed E-state index contributed by atoms with van der Waals surface area (Å²) in [7, 11) is 0. The minimum absolute atomic E-state index is 0.0270. The van der Waals surface area contributed by atoms with Crippen LogP contribution in [0.4, 0.5) is 17.5 Å². The molecular weight excluding hydrogens is 378 g/mol. The summed E-state index contributed by atoms with van der Waals surface area (Å²) in [5.74, 6) is 0.359. The number of amides is 1. The van der Waals surface area contributed by atoms with E-state index in [9.17, 15) is 4.79 Å². The Morgan fingerprint density at radius 2 is 2.29 bits per heavy atom. The number of nitrogen functional groups attached to an aromatic ring is 1. The summed E-state index contributed by atoms with van der Waals surface area (Å²) in [6.07, 6.45) is 1.61. The molecule has 2 aromatic rings. The van der Waals surface area contributed by atoms with Gasteiger partial charge in [-0.2, -0.15) is 10.2 Å². The van der Waals surface area contributed by atoms with Crippen LogP contribution in [0.5, 0.6) is 0 Å². The van der Waals surface area contributed by atoms with E-state index in [-0.39, 0.29) is 29.8 Å². The molecule has 2 unspecified atom stereocenters. The average Bonchev–Trinajstić information content (AvgIpc) is 2.63. The standard InChI is InChI=1S/C19H22ClN7O/c1-12-9-23-11-19(2,7-16(28)25-15-6-4-3-5-14(15)20)27(12)18-24-10-13(8-21)17(22)26-18/h3-6,10,12,23H,7,9,11H2,1-2H3,(H,25,28)(H2,22,24,26). The van der Waals surface area contributed by atoms with Gasteiger partial charge in [-0.15, -0.1) is 0 Å². The Kier molecular flexibility index (Phi) is 5.68. The van der Waals surface area contributed by atoms with Crippen molar-refractivity contribution in [1.29, 1.82) is 5.26 Å². The number of anilines is 3. The second kappa shape index (κ2) is 8.00. The summed E-state index contributed by atoms with van der Waals surface area (Å²) in [4.78, 5) is 23.4. The molecule has 0 bridgehead atoms. The molecule has 8 nitrogen and oxygen atoms in total. The molecule has 0 spiro atoms. The Balaban J connectivity index is 1.86. The summed E-state index contributed by atoms with van der Waals surface area (Å²) in [5.41, 5.74) is 6.09. The molecule has 2 heterocycles. The lowest BCUT2D eigenvalue weighted by Crippen LogP contribution is -2.65. The molecule has 146 valence electrons. The fourth-order valence-electron chi connectivity index (χ4n) is 3.54. The van der Waals surface area contributed by atoms with Crippen LogP contribution in [0.25, 0.3) is 0 Å². The van der Waals surface area contributed by atoms with Gasteiger partial charge in [-0.05, 0) is 26.0 Å². The number of nitrogens with two attached hydrogens (primary N) is 1. The van der Waals surface area contributed by atoms with Crippen LogP contribution in [0, 0.1) is 11.3 Å². The van der Waals surface area contributed by atoms with Gasteiger partial charge in [-0.3, -0.25) is 4.79 Å². The van der Waals surface area contributed by atoms with E-state index in [1.54, 1.807) is 18.2 Å². The number of benzene rings is 1. The van der Waals surface area contributed by atoms with E-state index in [2.05, 4.69) is 20.6 Å². The van der Waals surface area contributed by atoms with Crippen molar-refractivity contribution in [2.24, 2.45) is 0 Å². The number of halogens is 1. The van der Waals surface area contributed by atoms with Crippen LogP contribution < -0.4 is 21.3 Å². The highest BCUT2D eigenvalue weighted by molar-refractivity contribution is 6.33. The lowest BCUT2D eigenvalue weighted by atomic mass is 9.90. The summed E-state index contributed by atoms with van der Waals surface area (Å²) in [6, 6.07) is 9.09. The number of para-hydroxylation sites is 1. The smallest absolute Gasteiger partial charge is 0.228 e. The van der Waals surface area contributed by atoms with Gasteiger partial charge in [0, 0.05) is 19.1 Å². The zero-order valence-electron chi connectivity index (χ0n) is 15.7. The van der Waals surface area contributed by atoms with Gasteiger partial charge in [0.05, 0.1) is 28.9 Å². The highest BCUT2D eigenvalue weighted by Crippen LogP contribution is 2.30. The predicted molar refractivity (Wildman–Crippen MR) is 109 cm³/mol. The van der Waals surface area contributed by atoms with Crippen LogP contribution in [0.3, 0.4) is 0 Å². The molecule has 0 saturated carbocycles. The third-order valence-electron chi connectivity index (χ3n) is 4.80. The van der Waals surface area contributed by atoms with Gasteiger partial charge in [-0.1, -0.05) is 23.7 Å². The van der Waals surface area contributed by atoms with E-state index in [4.69, 9.17) is 22.6 Å². The van der Waals surface area contributed by atoms with Crippen LogP contribution in [0.1, 0.15) is 25.8 Å². The van der Waals surface area contributed by atoms with E-state index in [1.807, 2.05) is 30.9 Å². The molecule has 1 aromatic heterocycles. The average molecular weight is 400 g/mol. The zero-order chi connectivity index (χ0) is 20.3. The largest absolute Gasteiger partial charge is 0.382 e. The molecule has 0 radical (unpaired) electrons. The normalized spacial score (nSPS) is 21.8. The molecule has 1 fully saturated rings. The first kappa shape index (κ1) is 19.9. The minimum Gasteiger partial charge on any atom is -0.382 e. The maximum absolute atomic E-state index is 12.8. The molecule has 1 amide bonds. The first-order valence-electron chi connectivity index (χ1n) is 8.91. The number of piperazine rings is 1. The Bertz CT molecular complexity index is 929. The fourth-order valence-corrected chi connectivity index (χ4v) is 3.72. The molecule has 2 atom stereocenters. The van der Waals surface area contributed by atoms with Gasteiger partial charge in [-0.25, -0.2) is 4.98 Å². The van der Waals surface area contributed by atoms with E-state index in [0.29, 0.717) is 29.7 Å². The van der Waals surface area contributed by atoms with E-state index >= 15 is 0 Å². The van der Waals surface area contributed by atoms with Crippen LogP contribution in [0.2, 0.25) is 5.02 Å². The third-order valence-corrected chi connectivity index (χ3v) is 5.13. The van der Waals surface area contributed by atoms with E-state index in [1.165, 1.54) is 6.20 Å². The highest BCUT2D eigenvalue weighted by atomic mass is 35.5. The van der Waals surface area contributed by atoms with Crippen LogP contribution in [-0.2, 0) is 4.79 Å². The molecule has 1 saturated heterocycles. The molecule has 4 N–H and O–H groups in total. The van der Waals surface area contributed by atoms with Gasteiger partial charge in [0.15, 0.2) is 0 Å². The molecule has 1 aliphatic rings. The van der Waals surface area contributed by atoms with Gasteiger partial charge >= 0.3 is 0 Å².